The molecule has 1 aliphatic rings. The molecule has 0 aliphatic carbocycles. The zero-order valence-corrected chi connectivity index (χ0v) is 21.3. The number of nitrogens with zero attached hydrogens (tertiary/aromatic N) is 1. The first-order valence-corrected chi connectivity index (χ1v) is 12.3. The normalized spacial score (nSPS) is 16.7. The lowest BCUT2D eigenvalue weighted by Gasteiger charge is -2.31. The SMILES string of the molecule is Cc1ccccc1NC(=O)Nc1ccc(CC(=O)N2CCC[C@]2(F)COc2ccc(C(=O)O)cc2)cc1C. The molecule has 3 N–H and O–H groups in total. The standard InChI is InChI=1S/C29H30FN3O5/c1-19-6-3-4-7-24(19)31-28(37)32-25-13-8-21(16-20(25)2)17-26(34)33-15-5-14-29(33,30)18-38-23-11-9-22(10-12-23)27(35)36/h3-4,6-13,16H,5,14-15,17-18H2,1-2H3,(H,35,36)(H2,31,32,37)/t29-/m1/s1. The average Bonchev–Trinajstić information content (AvgIpc) is 3.28. The summed E-state index contributed by atoms with van der Waals surface area (Å²) in [6.45, 7) is 3.68. The number of aryl methyl sites for hydroxylation is 2. The summed E-state index contributed by atoms with van der Waals surface area (Å²) in [5, 5.41) is 14.6. The highest BCUT2D eigenvalue weighted by atomic mass is 19.1. The molecule has 1 saturated heterocycles. The first-order valence-electron chi connectivity index (χ1n) is 12.3. The highest BCUT2D eigenvalue weighted by Crippen LogP contribution is 2.32. The van der Waals surface area contributed by atoms with E-state index < -0.39 is 11.8 Å². The Morgan fingerprint density at radius 1 is 0.974 bits per heavy atom. The monoisotopic (exact) mass is 519 g/mol. The number of carboxylic acids is 1. The van der Waals surface area contributed by atoms with Crippen LogP contribution < -0.4 is 15.4 Å². The summed E-state index contributed by atoms with van der Waals surface area (Å²) in [6.07, 6.45) is 0.681. The number of carbonyl (C=O) groups excluding carboxylic acids is 2. The number of benzene rings is 3. The Labute approximate surface area is 220 Å². The molecule has 1 fully saturated rings. The number of likely N-dealkylation sites (tertiary alicyclic amines) is 1. The van der Waals surface area contributed by atoms with Crippen molar-refractivity contribution >= 4 is 29.3 Å². The second-order valence-electron chi connectivity index (χ2n) is 9.41. The van der Waals surface area contributed by atoms with Gasteiger partial charge in [0, 0.05) is 24.3 Å². The van der Waals surface area contributed by atoms with Crippen molar-refractivity contribution in [3.05, 3.63) is 89.0 Å². The molecular weight excluding hydrogens is 489 g/mol. The number of hydrogen-bond acceptors (Lipinski definition) is 4. The van der Waals surface area contributed by atoms with E-state index >= 15 is 4.39 Å². The van der Waals surface area contributed by atoms with Crippen molar-refractivity contribution in [1.29, 1.82) is 0 Å². The van der Waals surface area contributed by atoms with Crippen molar-refractivity contribution < 1.29 is 28.6 Å². The summed E-state index contributed by atoms with van der Waals surface area (Å²) in [5.41, 5.74) is 3.85. The minimum atomic E-state index is -1.95. The molecule has 3 amide bonds. The Morgan fingerprint density at radius 3 is 2.32 bits per heavy atom. The van der Waals surface area contributed by atoms with Gasteiger partial charge >= 0.3 is 12.0 Å². The molecule has 0 spiro atoms. The Kier molecular flexibility index (Phi) is 7.95. The molecule has 4 rings (SSSR count). The van der Waals surface area contributed by atoms with E-state index in [1.807, 2.05) is 38.1 Å². The number of urea groups is 1. The van der Waals surface area contributed by atoms with Gasteiger partial charge in [-0.3, -0.25) is 4.79 Å². The van der Waals surface area contributed by atoms with Gasteiger partial charge in [-0.1, -0.05) is 30.3 Å². The predicted molar refractivity (Wildman–Crippen MR) is 142 cm³/mol. The number of halogens is 1. The zero-order valence-electron chi connectivity index (χ0n) is 21.3. The van der Waals surface area contributed by atoms with Crippen molar-refractivity contribution in [3.63, 3.8) is 0 Å². The third kappa shape index (κ3) is 6.29. The number of anilines is 2. The molecule has 1 aliphatic heterocycles. The summed E-state index contributed by atoms with van der Waals surface area (Å²) >= 11 is 0. The van der Waals surface area contributed by atoms with Crippen LogP contribution in [-0.2, 0) is 11.2 Å². The van der Waals surface area contributed by atoms with Gasteiger partial charge in [0.1, 0.15) is 12.4 Å². The number of rotatable bonds is 8. The second kappa shape index (κ2) is 11.3. The van der Waals surface area contributed by atoms with Crippen LogP contribution in [0.15, 0.2) is 66.7 Å². The molecule has 3 aromatic carbocycles. The molecule has 198 valence electrons. The van der Waals surface area contributed by atoms with E-state index in [-0.39, 0.29) is 43.5 Å². The molecule has 0 unspecified atom stereocenters. The van der Waals surface area contributed by atoms with Gasteiger partial charge in [-0.2, -0.15) is 0 Å². The summed E-state index contributed by atoms with van der Waals surface area (Å²) in [5.74, 6) is -3.04. The smallest absolute Gasteiger partial charge is 0.335 e. The lowest BCUT2D eigenvalue weighted by molar-refractivity contribution is -0.144. The highest BCUT2D eigenvalue weighted by Gasteiger charge is 2.44. The second-order valence-corrected chi connectivity index (χ2v) is 9.41. The van der Waals surface area contributed by atoms with E-state index in [0.717, 1.165) is 11.1 Å². The zero-order chi connectivity index (χ0) is 27.3. The quantitative estimate of drug-likeness (QED) is 0.338. The van der Waals surface area contributed by atoms with Crippen LogP contribution in [0.5, 0.6) is 5.75 Å². The van der Waals surface area contributed by atoms with Gasteiger partial charge in [0.2, 0.25) is 11.7 Å². The van der Waals surface area contributed by atoms with Gasteiger partial charge in [-0.25, -0.2) is 14.0 Å². The molecule has 1 heterocycles. The van der Waals surface area contributed by atoms with Crippen LogP contribution in [0.25, 0.3) is 0 Å². The molecule has 3 aromatic rings. The first kappa shape index (κ1) is 26.7. The van der Waals surface area contributed by atoms with Crippen molar-refractivity contribution in [2.45, 2.75) is 38.9 Å². The fourth-order valence-corrected chi connectivity index (χ4v) is 4.46. The number of ether oxygens (including phenoxy) is 1. The van der Waals surface area contributed by atoms with E-state index in [0.29, 0.717) is 29.1 Å². The third-order valence-corrected chi connectivity index (χ3v) is 6.58. The van der Waals surface area contributed by atoms with Crippen LogP contribution in [0.4, 0.5) is 20.6 Å². The van der Waals surface area contributed by atoms with Gasteiger partial charge in [-0.05, 0) is 73.4 Å². The first-order chi connectivity index (χ1) is 18.1. The minimum Gasteiger partial charge on any atom is -0.488 e. The van der Waals surface area contributed by atoms with Gasteiger partial charge in [0.15, 0.2) is 0 Å². The minimum absolute atomic E-state index is 0.00943. The van der Waals surface area contributed by atoms with E-state index in [1.54, 1.807) is 18.2 Å². The number of hydrogen-bond donors (Lipinski definition) is 3. The Hall–Kier alpha value is -4.40. The molecule has 9 heteroatoms. The maximum atomic E-state index is 15.7. The largest absolute Gasteiger partial charge is 0.488 e. The van der Waals surface area contributed by atoms with Crippen molar-refractivity contribution in [2.75, 3.05) is 23.8 Å². The molecule has 0 aromatic heterocycles. The van der Waals surface area contributed by atoms with Gasteiger partial charge in [0.05, 0.1) is 12.0 Å². The number of nitrogens with one attached hydrogen (secondary N) is 2. The number of carbonyl (C=O) groups is 3. The Morgan fingerprint density at radius 2 is 1.66 bits per heavy atom. The van der Waals surface area contributed by atoms with Gasteiger partial charge in [-0.15, -0.1) is 0 Å². The maximum absolute atomic E-state index is 15.7. The van der Waals surface area contributed by atoms with Crippen molar-refractivity contribution in [1.82, 2.24) is 4.90 Å². The van der Waals surface area contributed by atoms with E-state index in [1.165, 1.54) is 29.2 Å². The molecular formula is C29H30FN3O5. The van der Waals surface area contributed by atoms with Gasteiger partial charge in [0.25, 0.3) is 0 Å². The number of amides is 3. The predicted octanol–water partition coefficient (Wildman–Crippen LogP) is 5.56. The molecule has 1 atom stereocenters. The van der Waals surface area contributed by atoms with Gasteiger partial charge < -0.3 is 25.4 Å². The summed E-state index contributed by atoms with van der Waals surface area (Å²) in [6, 6.07) is 18.1. The van der Waals surface area contributed by atoms with E-state index in [2.05, 4.69) is 10.6 Å². The van der Waals surface area contributed by atoms with Crippen LogP contribution in [0, 0.1) is 13.8 Å². The van der Waals surface area contributed by atoms with Crippen LogP contribution in [0.3, 0.4) is 0 Å². The number of aromatic carboxylic acids is 1. The topological polar surface area (TPSA) is 108 Å². The lowest BCUT2D eigenvalue weighted by Crippen LogP contribution is -2.48. The van der Waals surface area contributed by atoms with Crippen molar-refractivity contribution in [3.8, 4) is 5.75 Å². The summed E-state index contributed by atoms with van der Waals surface area (Å²) < 4.78 is 21.3. The fraction of sp³-hybridized carbons (Fsp3) is 0.276. The number of alkyl halides is 1. The third-order valence-electron chi connectivity index (χ3n) is 6.58. The van der Waals surface area contributed by atoms with Crippen LogP contribution in [0.1, 0.15) is 39.9 Å². The molecule has 8 nitrogen and oxygen atoms in total. The number of carboxylic acid groups (broad SMARTS) is 1. The maximum Gasteiger partial charge on any atom is 0.335 e. The Bertz CT molecular complexity index is 1340. The molecule has 38 heavy (non-hydrogen) atoms. The highest BCUT2D eigenvalue weighted by molar-refractivity contribution is 6.00. The average molecular weight is 520 g/mol. The summed E-state index contributed by atoms with van der Waals surface area (Å²) in [7, 11) is 0. The van der Waals surface area contributed by atoms with Crippen LogP contribution >= 0.6 is 0 Å². The number of para-hydroxylation sites is 1. The van der Waals surface area contributed by atoms with Crippen LogP contribution in [-0.4, -0.2) is 46.9 Å². The lowest BCUT2D eigenvalue weighted by atomic mass is 10.1. The molecule has 0 radical (unpaired) electrons. The molecule has 0 bridgehead atoms. The van der Waals surface area contributed by atoms with Crippen molar-refractivity contribution in [2.24, 2.45) is 0 Å². The van der Waals surface area contributed by atoms with E-state index in [4.69, 9.17) is 9.84 Å². The molecule has 0 saturated carbocycles. The summed E-state index contributed by atoms with van der Waals surface area (Å²) in [4.78, 5) is 37.7. The van der Waals surface area contributed by atoms with E-state index in [9.17, 15) is 14.4 Å². The fourth-order valence-electron chi connectivity index (χ4n) is 4.46. The van der Waals surface area contributed by atoms with Crippen LogP contribution in [0.2, 0.25) is 0 Å². The Balaban J connectivity index is 1.35.